The van der Waals surface area contributed by atoms with Gasteiger partial charge < -0.3 is 5.32 Å². The Labute approximate surface area is 137 Å². The van der Waals surface area contributed by atoms with Crippen LogP contribution in [0.3, 0.4) is 0 Å². The Morgan fingerprint density at radius 2 is 1.90 bits per heavy atom. The van der Waals surface area contributed by atoms with Crippen LogP contribution < -0.4 is 10.0 Å². The average Bonchev–Trinajstić information content (AvgIpc) is 2.41. The number of nitrogens with one attached hydrogen (secondary N) is 2. The third kappa shape index (κ3) is 8.02. The lowest BCUT2D eigenvalue weighted by atomic mass is 10.1. The van der Waals surface area contributed by atoms with Crippen molar-refractivity contribution in [1.29, 1.82) is 0 Å². The van der Waals surface area contributed by atoms with Crippen LogP contribution in [0.15, 0.2) is 18.2 Å². The Hall–Kier alpha value is -0.330. The van der Waals surface area contributed by atoms with E-state index in [4.69, 9.17) is 23.2 Å². The van der Waals surface area contributed by atoms with E-state index in [-0.39, 0.29) is 5.75 Å². The van der Waals surface area contributed by atoms with E-state index in [1.807, 2.05) is 13.0 Å². The van der Waals surface area contributed by atoms with Gasteiger partial charge in [-0.2, -0.15) is 0 Å². The topological polar surface area (TPSA) is 58.2 Å². The van der Waals surface area contributed by atoms with Gasteiger partial charge in [0.2, 0.25) is 10.0 Å². The van der Waals surface area contributed by atoms with Crippen molar-refractivity contribution < 1.29 is 8.42 Å². The molecule has 0 aromatic heterocycles. The highest BCUT2D eigenvalue weighted by Gasteiger charge is 2.09. The lowest BCUT2D eigenvalue weighted by Gasteiger charge is -2.08. The minimum Gasteiger partial charge on any atom is -0.317 e. The van der Waals surface area contributed by atoms with Crippen molar-refractivity contribution in [2.75, 3.05) is 25.4 Å². The normalized spacial score (nSPS) is 11.8. The molecular formula is C14H22Cl2N2O2S. The lowest BCUT2D eigenvalue weighted by molar-refractivity contribution is 0.574. The molecule has 4 nitrogen and oxygen atoms in total. The second-order valence-corrected chi connectivity index (χ2v) is 7.53. The molecule has 0 saturated heterocycles. The summed E-state index contributed by atoms with van der Waals surface area (Å²) in [6.45, 7) is 4.14. The molecule has 0 fully saturated rings. The fourth-order valence-electron chi connectivity index (χ4n) is 1.86. The van der Waals surface area contributed by atoms with Gasteiger partial charge in [0.05, 0.1) is 5.75 Å². The smallest absolute Gasteiger partial charge is 0.211 e. The highest BCUT2D eigenvalue weighted by Crippen LogP contribution is 2.21. The third-order valence-corrected chi connectivity index (χ3v) is 5.06. The van der Waals surface area contributed by atoms with Gasteiger partial charge in [0, 0.05) is 16.6 Å². The Balaban J connectivity index is 2.30. The molecule has 0 unspecified atom stereocenters. The summed E-state index contributed by atoms with van der Waals surface area (Å²) in [4.78, 5) is 0. The van der Waals surface area contributed by atoms with Crippen LogP contribution in [0.1, 0.15) is 25.3 Å². The molecule has 0 radical (unpaired) electrons. The van der Waals surface area contributed by atoms with Gasteiger partial charge >= 0.3 is 0 Å². The summed E-state index contributed by atoms with van der Waals surface area (Å²) < 4.78 is 26.2. The molecule has 21 heavy (non-hydrogen) atoms. The van der Waals surface area contributed by atoms with Crippen LogP contribution in [-0.4, -0.2) is 33.8 Å². The zero-order chi connectivity index (χ0) is 15.7. The van der Waals surface area contributed by atoms with Gasteiger partial charge in [-0.1, -0.05) is 36.2 Å². The summed E-state index contributed by atoms with van der Waals surface area (Å²) >= 11 is 11.9. The van der Waals surface area contributed by atoms with E-state index in [2.05, 4.69) is 10.0 Å². The Morgan fingerprint density at radius 1 is 1.14 bits per heavy atom. The molecule has 1 aromatic rings. The maximum absolute atomic E-state index is 11.8. The number of rotatable bonds is 10. The first-order chi connectivity index (χ1) is 9.94. The number of hydrogen-bond donors (Lipinski definition) is 2. The van der Waals surface area contributed by atoms with E-state index in [0.717, 1.165) is 25.1 Å². The summed E-state index contributed by atoms with van der Waals surface area (Å²) in [5, 5.41) is 4.31. The summed E-state index contributed by atoms with van der Waals surface area (Å²) in [6, 6.07) is 5.22. The first-order valence-electron chi connectivity index (χ1n) is 7.06. The molecule has 0 saturated carbocycles. The second kappa shape index (κ2) is 9.64. The third-order valence-electron chi connectivity index (χ3n) is 3.00. The van der Waals surface area contributed by atoms with Gasteiger partial charge in [0.15, 0.2) is 0 Å². The van der Waals surface area contributed by atoms with E-state index < -0.39 is 10.0 Å². The van der Waals surface area contributed by atoms with Crippen LogP contribution in [0.25, 0.3) is 0 Å². The second-order valence-electron chi connectivity index (χ2n) is 4.76. The van der Waals surface area contributed by atoms with Crippen molar-refractivity contribution >= 4 is 33.2 Å². The van der Waals surface area contributed by atoms with E-state index in [9.17, 15) is 8.42 Å². The molecule has 120 valence electrons. The quantitative estimate of drug-likeness (QED) is 0.636. The van der Waals surface area contributed by atoms with Crippen LogP contribution in [0, 0.1) is 0 Å². The molecular weight excluding hydrogens is 331 g/mol. The number of benzene rings is 1. The fourth-order valence-corrected chi connectivity index (χ4v) is 3.50. The number of sulfonamides is 1. The minimum atomic E-state index is -3.21. The van der Waals surface area contributed by atoms with Gasteiger partial charge in [-0.3, -0.25) is 0 Å². The molecule has 0 atom stereocenters. The van der Waals surface area contributed by atoms with Crippen LogP contribution in [0.5, 0.6) is 0 Å². The van der Waals surface area contributed by atoms with Gasteiger partial charge in [0.1, 0.15) is 0 Å². The Kier molecular flexibility index (Phi) is 8.59. The molecule has 0 amide bonds. The van der Waals surface area contributed by atoms with Gasteiger partial charge in [0.25, 0.3) is 0 Å². The SMILES string of the molecule is CCNCCCCS(=O)(=O)NCCc1ccc(Cl)cc1Cl. The summed E-state index contributed by atoms with van der Waals surface area (Å²) in [5.74, 6) is 0.159. The molecule has 0 spiro atoms. The van der Waals surface area contributed by atoms with Gasteiger partial charge in [-0.25, -0.2) is 13.1 Å². The van der Waals surface area contributed by atoms with Crippen molar-refractivity contribution in [2.24, 2.45) is 0 Å². The molecule has 7 heteroatoms. The molecule has 2 N–H and O–H groups in total. The highest BCUT2D eigenvalue weighted by molar-refractivity contribution is 7.89. The van der Waals surface area contributed by atoms with E-state index in [1.54, 1.807) is 12.1 Å². The van der Waals surface area contributed by atoms with E-state index in [1.165, 1.54) is 0 Å². The standard InChI is InChI=1S/C14H22Cl2N2O2S/c1-2-17-8-3-4-10-21(19,20)18-9-7-12-5-6-13(15)11-14(12)16/h5-6,11,17-18H,2-4,7-10H2,1H3. The summed E-state index contributed by atoms with van der Waals surface area (Å²) in [6.07, 6.45) is 2.06. The van der Waals surface area contributed by atoms with Crippen molar-refractivity contribution in [3.05, 3.63) is 33.8 Å². The van der Waals surface area contributed by atoms with Crippen LogP contribution in [0.4, 0.5) is 0 Å². The molecule has 0 bridgehead atoms. The molecule has 1 aromatic carbocycles. The zero-order valence-electron chi connectivity index (χ0n) is 12.2. The lowest BCUT2D eigenvalue weighted by Crippen LogP contribution is -2.28. The number of unbranched alkanes of at least 4 members (excludes halogenated alkanes) is 1. The fraction of sp³-hybridized carbons (Fsp3) is 0.571. The maximum atomic E-state index is 11.8. The summed E-state index contributed by atoms with van der Waals surface area (Å²) in [7, 11) is -3.21. The zero-order valence-corrected chi connectivity index (χ0v) is 14.5. The maximum Gasteiger partial charge on any atom is 0.211 e. The first-order valence-corrected chi connectivity index (χ1v) is 9.47. The molecule has 1 rings (SSSR count). The molecule has 0 heterocycles. The molecule has 0 aliphatic carbocycles. The average molecular weight is 353 g/mol. The van der Waals surface area contributed by atoms with Crippen LogP contribution in [0.2, 0.25) is 10.0 Å². The van der Waals surface area contributed by atoms with Crippen molar-refractivity contribution in [1.82, 2.24) is 10.0 Å². The van der Waals surface area contributed by atoms with Crippen molar-refractivity contribution in [3.8, 4) is 0 Å². The monoisotopic (exact) mass is 352 g/mol. The molecule has 0 aliphatic rings. The van der Waals surface area contributed by atoms with Gasteiger partial charge in [-0.15, -0.1) is 0 Å². The Morgan fingerprint density at radius 3 is 2.57 bits per heavy atom. The predicted octanol–water partition coefficient (Wildman–Crippen LogP) is 2.85. The first kappa shape index (κ1) is 18.7. The number of halogens is 2. The van der Waals surface area contributed by atoms with E-state index in [0.29, 0.717) is 29.4 Å². The predicted molar refractivity (Wildman–Crippen MR) is 89.7 cm³/mol. The Bertz CT molecular complexity index is 536. The minimum absolute atomic E-state index is 0.159. The highest BCUT2D eigenvalue weighted by atomic mass is 35.5. The van der Waals surface area contributed by atoms with E-state index >= 15 is 0 Å². The summed E-state index contributed by atoms with van der Waals surface area (Å²) in [5.41, 5.74) is 0.885. The van der Waals surface area contributed by atoms with Crippen molar-refractivity contribution in [2.45, 2.75) is 26.2 Å². The molecule has 0 aliphatic heterocycles. The van der Waals surface area contributed by atoms with Gasteiger partial charge in [-0.05, 0) is 50.0 Å². The largest absolute Gasteiger partial charge is 0.317 e. The van der Waals surface area contributed by atoms with Crippen LogP contribution >= 0.6 is 23.2 Å². The van der Waals surface area contributed by atoms with Crippen LogP contribution in [-0.2, 0) is 16.4 Å². The number of hydrogen-bond acceptors (Lipinski definition) is 3. The van der Waals surface area contributed by atoms with Crippen molar-refractivity contribution in [3.63, 3.8) is 0 Å².